The van der Waals surface area contributed by atoms with Gasteiger partial charge in [-0.25, -0.2) is 28.9 Å². The van der Waals surface area contributed by atoms with Gasteiger partial charge in [-0.05, 0) is 60.0 Å². The van der Waals surface area contributed by atoms with Crippen LogP contribution in [-0.4, -0.2) is 91.5 Å². The third kappa shape index (κ3) is 21.1. The van der Waals surface area contributed by atoms with Crippen LogP contribution in [0.2, 0.25) is 0 Å². The van der Waals surface area contributed by atoms with Crippen LogP contribution in [0.25, 0.3) is 0 Å². The first-order valence-corrected chi connectivity index (χ1v) is 22.8. The second-order valence-electron chi connectivity index (χ2n) is 15.7. The SMILES string of the molecule is N/C(=N\C(=O)OCc1ccccc1)N(CCC[C@@H](CNCCCN(CCCNC(=O)OCc1ccccc1)C(=O)OCc1ccccc1)NC(=O)OCc1ccccc1)C(=O)OCc1ccccc1. The molecule has 5 rings (SSSR count). The summed E-state index contributed by atoms with van der Waals surface area (Å²) in [4.78, 5) is 71.4. The lowest BCUT2D eigenvalue weighted by Crippen LogP contribution is -2.45. The maximum absolute atomic E-state index is 13.5. The van der Waals surface area contributed by atoms with E-state index in [0.717, 1.165) is 32.7 Å². The van der Waals surface area contributed by atoms with Gasteiger partial charge in [0.25, 0.3) is 0 Å². The van der Waals surface area contributed by atoms with Gasteiger partial charge in [0.2, 0.25) is 5.96 Å². The Hall–Kier alpha value is -7.92. The number of alkyl carbamates (subject to hydrolysis) is 2. The lowest BCUT2D eigenvalue weighted by molar-refractivity contribution is 0.0950. The molecule has 0 bridgehead atoms. The molecule has 0 spiro atoms. The third-order valence-corrected chi connectivity index (χ3v) is 10.3. The highest BCUT2D eigenvalue weighted by atomic mass is 16.6. The summed E-state index contributed by atoms with van der Waals surface area (Å²) >= 11 is 0. The van der Waals surface area contributed by atoms with Crippen LogP contribution < -0.4 is 21.7 Å². The number of nitrogens with one attached hydrogen (secondary N) is 3. The molecular formula is C52H61N7O10. The molecule has 5 aromatic rings. The van der Waals surface area contributed by atoms with E-state index >= 15 is 0 Å². The molecule has 0 aliphatic carbocycles. The van der Waals surface area contributed by atoms with E-state index in [1.54, 1.807) is 29.2 Å². The van der Waals surface area contributed by atoms with Crippen molar-refractivity contribution in [1.82, 2.24) is 25.8 Å². The van der Waals surface area contributed by atoms with E-state index in [4.69, 9.17) is 29.4 Å². The second kappa shape index (κ2) is 30.4. The number of aliphatic imine (C=N–C) groups is 1. The Bertz CT molecular complexity index is 2310. The lowest BCUT2D eigenvalue weighted by atomic mass is 10.1. The molecule has 0 unspecified atom stereocenters. The molecule has 5 amide bonds. The normalized spacial score (nSPS) is 11.3. The van der Waals surface area contributed by atoms with E-state index in [9.17, 15) is 24.0 Å². The minimum Gasteiger partial charge on any atom is -0.445 e. The largest absolute Gasteiger partial charge is 0.445 e. The number of nitrogens with two attached hydrogens (primary N) is 1. The molecule has 0 aliphatic rings. The van der Waals surface area contributed by atoms with Crippen LogP contribution in [-0.2, 0) is 56.7 Å². The van der Waals surface area contributed by atoms with Crippen LogP contribution >= 0.6 is 0 Å². The van der Waals surface area contributed by atoms with Crippen molar-refractivity contribution in [3.05, 3.63) is 179 Å². The van der Waals surface area contributed by atoms with Crippen molar-refractivity contribution in [2.45, 2.75) is 64.8 Å². The molecule has 0 radical (unpaired) electrons. The average Bonchev–Trinajstić information content (AvgIpc) is 3.38. The van der Waals surface area contributed by atoms with E-state index < -0.39 is 42.5 Å². The van der Waals surface area contributed by atoms with E-state index in [0.29, 0.717) is 45.4 Å². The van der Waals surface area contributed by atoms with Gasteiger partial charge < -0.3 is 50.3 Å². The number of benzene rings is 5. The van der Waals surface area contributed by atoms with Gasteiger partial charge in [-0.15, -0.1) is 4.99 Å². The van der Waals surface area contributed by atoms with Crippen molar-refractivity contribution in [3.8, 4) is 0 Å². The van der Waals surface area contributed by atoms with E-state index in [2.05, 4.69) is 20.9 Å². The Labute approximate surface area is 402 Å². The van der Waals surface area contributed by atoms with Crippen LogP contribution in [0.5, 0.6) is 0 Å². The first kappa shape index (κ1) is 52.1. The quantitative estimate of drug-likeness (QED) is 0.0188. The van der Waals surface area contributed by atoms with E-state index in [-0.39, 0.29) is 52.5 Å². The van der Waals surface area contributed by atoms with Crippen LogP contribution in [0.3, 0.4) is 0 Å². The fraction of sp³-hybridized carbons (Fsp3) is 0.308. The van der Waals surface area contributed by atoms with E-state index in [1.165, 1.54) is 0 Å². The highest BCUT2D eigenvalue weighted by Gasteiger charge is 2.23. The molecule has 364 valence electrons. The predicted molar refractivity (Wildman–Crippen MR) is 259 cm³/mol. The van der Waals surface area contributed by atoms with Gasteiger partial charge in [0.15, 0.2) is 0 Å². The number of rotatable bonds is 25. The Balaban J connectivity index is 1.17. The summed E-state index contributed by atoms with van der Waals surface area (Å²) in [7, 11) is 0. The number of carbonyl (C=O) groups is 5. The van der Waals surface area contributed by atoms with Gasteiger partial charge in [0, 0.05) is 38.8 Å². The zero-order chi connectivity index (χ0) is 48.7. The van der Waals surface area contributed by atoms with Crippen molar-refractivity contribution in [1.29, 1.82) is 0 Å². The number of hydrogen-bond donors (Lipinski definition) is 4. The van der Waals surface area contributed by atoms with Crippen molar-refractivity contribution in [2.75, 3.05) is 39.3 Å². The Morgan fingerprint density at radius 2 is 0.913 bits per heavy atom. The van der Waals surface area contributed by atoms with Crippen LogP contribution in [0.15, 0.2) is 157 Å². The molecule has 0 aliphatic heterocycles. The first-order valence-electron chi connectivity index (χ1n) is 22.8. The van der Waals surface area contributed by atoms with Gasteiger partial charge >= 0.3 is 30.5 Å². The molecule has 1 atom stereocenters. The molecule has 5 aromatic carbocycles. The minimum atomic E-state index is -0.985. The van der Waals surface area contributed by atoms with Gasteiger partial charge in [0.05, 0.1) is 0 Å². The summed E-state index contributed by atoms with van der Waals surface area (Å²) in [5, 5.41) is 9.02. The van der Waals surface area contributed by atoms with Crippen LogP contribution in [0, 0.1) is 0 Å². The fourth-order valence-corrected chi connectivity index (χ4v) is 6.67. The fourth-order valence-electron chi connectivity index (χ4n) is 6.67. The molecule has 0 saturated carbocycles. The van der Waals surface area contributed by atoms with Crippen LogP contribution in [0.4, 0.5) is 24.0 Å². The van der Waals surface area contributed by atoms with Crippen molar-refractivity contribution in [2.24, 2.45) is 10.7 Å². The zero-order valence-electron chi connectivity index (χ0n) is 38.6. The standard InChI is InChI=1S/C52H61N7O10/c53-47(57-50(62)67-38-43-23-10-3-11-24-43)59(52(64)69-40-45-27-14-5-15-28-45)34-16-29-46(56-49(61)66-37-42-21-8-2-9-22-42)35-54-30-17-32-58(51(63)68-39-44-25-12-4-13-26-44)33-18-31-55-48(60)65-36-41-19-6-1-7-20-41/h1-15,19-28,46,54H,16-18,29-40H2,(H,55,60)(H,56,61)(H2,53,57,62)/t46-/m0/s1. The van der Waals surface area contributed by atoms with Crippen molar-refractivity contribution >= 4 is 36.4 Å². The average molecular weight is 944 g/mol. The molecule has 17 nitrogen and oxygen atoms in total. The summed E-state index contributed by atoms with van der Waals surface area (Å²) in [5.41, 5.74) is 10.3. The molecule has 69 heavy (non-hydrogen) atoms. The molecule has 0 fully saturated rings. The Morgan fingerprint density at radius 1 is 0.493 bits per heavy atom. The number of nitrogens with zero attached hydrogens (tertiary/aromatic N) is 3. The topological polar surface area (TPSA) is 212 Å². The summed E-state index contributed by atoms with van der Waals surface area (Å²) in [6, 6.07) is 45.6. The van der Waals surface area contributed by atoms with Gasteiger partial charge in [0.1, 0.15) is 33.0 Å². The van der Waals surface area contributed by atoms with Gasteiger partial charge in [-0.1, -0.05) is 152 Å². The van der Waals surface area contributed by atoms with Gasteiger partial charge in [-0.3, -0.25) is 0 Å². The number of ether oxygens (including phenoxy) is 5. The predicted octanol–water partition coefficient (Wildman–Crippen LogP) is 8.29. The third-order valence-electron chi connectivity index (χ3n) is 10.3. The number of guanidine groups is 1. The molecule has 0 saturated heterocycles. The minimum absolute atomic E-state index is 0.0220. The maximum atomic E-state index is 13.5. The summed E-state index contributed by atoms with van der Waals surface area (Å²) in [6.07, 6.45) is -1.91. The smallest absolute Gasteiger partial charge is 0.437 e. The Kier molecular flexibility index (Phi) is 22.9. The number of hydrogen-bond acceptors (Lipinski definition) is 11. The molecular weight excluding hydrogens is 883 g/mol. The lowest BCUT2D eigenvalue weighted by Gasteiger charge is -2.24. The Morgan fingerprint density at radius 3 is 1.41 bits per heavy atom. The molecule has 0 heterocycles. The monoisotopic (exact) mass is 943 g/mol. The van der Waals surface area contributed by atoms with Crippen LogP contribution in [0.1, 0.15) is 53.5 Å². The molecule has 17 heteroatoms. The molecule has 5 N–H and O–H groups in total. The number of amides is 5. The highest BCUT2D eigenvalue weighted by molar-refractivity contribution is 5.98. The highest BCUT2D eigenvalue weighted by Crippen LogP contribution is 2.10. The summed E-state index contributed by atoms with van der Waals surface area (Å²) in [6.45, 7) is 1.85. The summed E-state index contributed by atoms with van der Waals surface area (Å²) in [5.74, 6) is -0.415. The number of carbonyl (C=O) groups excluding carboxylic acids is 5. The van der Waals surface area contributed by atoms with E-state index in [1.807, 2.05) is 127 Å². The maximum Gasteiger partial charge on any atom is 0.437 e. The van der Waals surface area contributed by atoms with Crippen molar-refractivity contribution in [3.63, 3.8) is 0 Å². The van der Waals surface area contributed by atoms with Gasteiger partial charge in [-0.2, -0.15) is 0 Å². The zero-order valence-corrected chi connectivity index (χ0v) is 38.6. The first-order chi connectivity index (χ1) is 33.7. The molecule has 0 aromatic heterocycles. The summed E-state index contributed by atoms with van der Waals surface area (Å²) < 4.78 is 27.3. The second-order valence-corrected chi connectivity index (χ2v) is 15.7. The van der Waals surface area contributed by atoms with Crippen molar-refractivity contribution < 1.29 is 47.7 Å².